The lowest BCUT2D eigenvalue weighted by Crippen LogP contribution is -2.35. The Morgan fingerprint density at radius 2 is 1.70 bits per heavy atom. The van der Waals surface area contributed by atoms with Crippen LogP contribution in [0.5, 0.6) is 11.5 Å². The zero-order valence-corrected chi connectivity index (χ0v) is 28.4. The van der Waals surface area contributed by atoms with Gasteiger partial charge in [0.05, 0.1) is 37.5 Å². The van der Waals surface area contributed by atoms with Crippen LogP contribution in [0.4, 0.5) is 5.82 Å². The number of pyridine rings is 1. The molecule has 4 aromatic rings. The van der Waals surface area contributed by atoms with Crippen molar-refractivity contribution in [1.82, 2.24) is 10.1 Å². The molecular weight excluding hydrogens is 610 g/mol. The molecule has 0 saturated carbocycles. The standard InChI is InChI=1S/C34H43N3O8S/c1-8-28-19-31(33(41-7)24(4)35-28)44-20-26-14-15-29(27(18-26)21-42-9-2)30-12-10-11-13-32(30)46(38,39)37(22-43-17-16-40-6)34-23(3)25(5)45-36-34/h10-15,18-19H,8-9,16-17,20-22H2,1-7H3. The van der Waals surface area contributed by atoms with Crippen LogP contribution in [-0.4, -0.2) is 59.3 Å². The smallest absolute Gasteiger partial charge is 0.268 e. The van der Waals surface area contributed by atoms with Crippen molar-refractivity contribution < 1.29 is 36.6 Å². The van der Waals surface area contributed by atoms with Gasteiger partial charge < -0.3 is 28.2 Å². The van der Waals surface area contributed by atoms with E-state index in [0.29, 0.717) is 41.6 Å². The van der Waals surface area contributed by atoms with Crippen molar-refractivity contribution in [3.63, 3.8) is 0 Å². The Morgan fingerprint density at radius 1 is 0.913 bits per heavy atom. The number of ether oxygens (including phenoxy) is 5. The third-order valence-electron chi connectivity index (χ3n) is 7.51. The zero-order chi connectivity index (χ0) is 33.3. The van der Waals surface area contributed by atoms with Crippen molar-refractivity contribution >= 4 is 15.8 Å². The molecule has 46 heavy (non-hydrogen) atoms. The largest absolute Gasteiger partial charge is 0.491 e. The third-order valence-corrected chi connectivity index (χ3v) is 9.28. The van der Waals surface area contributed by atoms with Gasteiger partial charge in [-0.15, -0.1) is 0 Å². The Labute approximate surface area is 271 Å². The van der Waals surface area contributed by atoms with Crippen LogP contribution in [-0.2, 0) is 43.9 Å². The summed E-state index contributed by atoms with van der Waals surface area (Å²) in [6, 6.07) is 14.6. The summed E-state index contributed by atoms with van der Waals surface area (Å²) in [6.07, 6.45) is 0.767. The second-order valence-electron chi connectivity index (χ2n) is 10.6. The summed E-state index contributed by atoms with van der Waals surface area (Å²) >= 11 is 0. The first-order valence-electron chi connectivity index (χ1n) is 15.1. The molecule has 2 heterocycles. The monoisotopic (exact) mass is 653 g/mol. The summed E-state index contributed by atoms with van der Waals surface area (Å²) in [6.45, 7) is 10.6. The highest BCUT2D eigenvalue weighted by molar-refractivity contribution is 7.93. The number of rotatable bonds is 17. The lowest BCUT2D eigenvalue weighted by molar-refractivity contribution is 0.0753. The fraction of sp³-hybridized carbons (Fsp3) is 0.412. The molecule has 0 aliphatic rings. The molecule has 0 radical (unpaired) electrons. The Bertz CT molecular complexity index is 1720. The average Bonchev–Trinajstić information content (AvgIpc) is 3.39. The summed E-state index contributed by atoms with van der Waals surface area (Å²) in [4.78, 5) is 4.66. The first-order chi connectivity index (χ1) is 22.2. The van der Waals surface area contributed by atoms with Crippen LogP contribution in [0.25, 0.3) is 11.1 Å². The number of methoxy groups -OCH3 is 2. The Kier molecular flexibility index (Phi) is 12.2. The number of hydrogen-bond donors (Lipinski definition) is 0. The van der Waals surface area contributed by atoms with Gasteiger partial charge in [0.15, 0.2) is 17.3 Å². The molecular formula is C34H43N3O8S. The Balaban J connectivity index is 1.73. The van der Waals surface area contributed by atoms with Crippen LogP contribution < -0.4 is 13.8 Å². The first-order valence-corrected chi connectivity index (χ1v) is 16.6. The molecule has 2 aromatic carbocycles. The fourth-order valence-electron chi connectivity index (χ4n) is 4.93. The van der Waals surface area contributed by atoms with Crippen LogP contribution in [0.15, 0.2) is 57.9 Å². The van der Waals surface area contributed by atoms with Crippen molar-refractivity contribution in [3.8, 4) is 22.6 Å². The van der Waals surface area contributed by atoms with Gasteiger partial charge in [0.2, 0.25) is 0 Å². The number of hydrogen-bond acceptors (Lipinski definition) is 10. The minimum atomic E-state index is -4.18. The maximum atomic E-state index is 14.4. The van der Waals surface area contributed by atoms with Crippen molar-refractivity contribution in [2.24, 2.45) is 0 Å². The van der Waals surface area contributed by atoms with E-state index in [9.17, 15) is 8.42 Å². The minimum Gasteiger partial charge on any atom is -0.491 e. The molecule has 12 heteroatoms. The maximum absolute atomic E-state index is 14.4. The zero-order valence-electron chi connectivity index (χ0n) is 27.6. The summed E-state index contributed by atoms with van der Waals surface area (Å²) in [7, 11) is -1.03. The number of nitrogens with zero attached hydrogens (tertiary/aromatic N) is 3. The predicted octanol–water partition coefficient (Wildman–Crippen LogP) is 6.16. The minimum absolute atomic E-state index is 0.0937. The summed E-state index contributed by atoms with van der Waals surface area (Å²) in [5.74, 6) is 1.89. The molecule has 0 amide bonds. The SMILES string of the molecule is CCOCc1cc(COc2cc(CC)nc(C)c2OC)ccc1-c1ccccc1S(=O)(=O)N(COCCOC)c1noc(C)c1C. The molecule has 0 saturated heterocycles. The van der Waals surface area contributed by atoms with Gasteiger partial charge in [-0.3, -0.25) is 4.98 Å². The molecule has 2 aromatic heterocycles. The van der Waals surface area contributed by atoms with E-state index in [0.717, 1.165) is 38.8 Å². The maximum Gasteiger partial charge on any atom is 0.268 e. The normalized spacial score (nSPS) is 11.5. The molecule has 0 aliphatic heterocycles. The molecule has 0 unspecified atom stereocenters. The van der Waals surface area contributed by atoms with Crippen LogP contribution >= 0.6 is 0 Å². The number of anilines is 1. The van der Waals surface area contributed by atoms with Crippen molar-refractivity contribution in [3.05, 3.63) is 82.4 Å². The number of aromatic nitrogens is 2. The highest BCUT2D eigenvalue weighted by atomic mass is 32.2. The molecule has 11 nitrogen and oxygen atoms in total. The van der Waals surface area contributed by atoms with Gasteiger partial charge in [-0.25, -0.2) is 12.7 Å². The number of sulfonamides is 1. The average molecular weight is 654 g/mol. The number of aryl methyl sites for hydroxylation is 3. The molecule has 0 aliphatic carbocycles. The van der Waals surface area contributed by atoms with E-state index >= 15 is 0 Å². The van der Waals surface area contributed by atoms with Gasteiger partial charge in [-0.05, 0) is 62.9 Å². The topological polar surface area (TPSA) is 122 Å². The van der Waals surface area contributed by atoms with E-state index in [1.165, 1.54) is 0 Å². The van der Waals surface area contributed by atoms with Crippen molar-refractivity contribution in [1.29, 1.82) is 0 Å². The second kappa shape index (κ2) is 16.0. The predicted molar refractivity (Wildman–Crippen MR) is 175 cm³/mol. The number of benzene rings is 2. The third kappa shape index (κ3) is 7.87. The van der Waals surface area contributed by atoms with Gasteiger partial charge in [0.1, 0.15) is 19.1 Å². The van der Waals surface area contributed by atoms with Gasteiger partial charge in [0.25, 0.3) is 10.0 Å². The van der Waals surface area contributed by atoms with Crippen molar-refractivity contribution in [2.45, 2.75) is 59.1 Å². The summed E-state index contributed by atoms with van der Waals surface area (Å²) < 4.78 is 63.7. The first kappa shape index (κ1) is 34.9. The van der Waals surface area contributed by atoms with Gasteiger partial charge in [-0.2, -0.15) is 0 Å². The lowest BCUT2D eigenvalue weighted by atomic mass is 9.98. The fourth-order valence-corrected chi connectivity index (χ4v) is 6.48. The second-order valence-corrected chi connectivity index (χ2v) is 12.4. The lowest BCUT2D eigenvalue weighted by Gasteiger charge is -2.24. The summed E-state index contributed by atoms with van der Waals surface area (Å²) in [5, 5.41) is 4.07. The molecule has 0 fully saturated rings. The van der Waals surface area contributed by atoms with E-state index in [2.05, 4.69) is 10.1 Å². The van der Waals surface area contributed by atoms with Crippen LogP contribution in [0.2, 0.25) is 0 Å². The van der Waals surface area contributed by atoms with Crippen LogP contribution in [0.3, 0.4) is 0 Å². The van der Waals surface area contributed by atoms with Crippen LogP contribution in [0, 0.1) is 20.8 Å². The van der Waals surface area contributed by atoms with E-state index in [1.807, 2.05) is 51.1 Å². The molecule has 0 spiro atoms. The van der Waals surface area contributed by atoms with Crippen molar-refractivity contribution in [2.75, 3.05) is 45.1 Å². The molecule has 4 rings (SSSR count). The van der Waals surface area contributed by atoms with Gasteiger partial charge >= 0.3 is 0 Å². The molecule has 0 N–H and O–H groups in total. The van der Waals surface area contributed by atoms with Gasteiger partial charge in [0, 0.05) is 36.6 Å². The van der Waals surface area contributed by atoms with E-state index < -0.39 is 10.0 Å². The van der Waals surface area contributed by atoms with Crippen LogP contribution in [0.1, 0.15) is 47.7 Å². The van der Waals surface area contributed by atoms with E-state index in [4.69, 9.17) is 28.2 Å². The Hall–Kier alpha value is -3.97. The van der Waals surface area contributed by atoms with E-state index in [1.54, 1.807) is 46.3 Å². The molecule has 0 bridgehead atoms. The van der Waals surface area contributed by atoms with E-state index in [-0.39, 0.29) is 37.3 Å². The Morgan fingerprint density at radius 3 is 2.37 bits per heavy atom. The van der Waals surface area contributed by atoms with Gasteiger partial charge in [-0.1, -0.05) is 42.4 Å². The summed E-state index contributed by atoms with van der Waals surface area (Å²) in [5.41, 5.74) is 5.21. The highest BCUT2D eigenvalue weighted by Gasteiger charge is 2.32. The molecule has 0 atom stereocenters. The highest BCUT2D eigenvalue weighted by Crippen LogP contribution is 2.36. The molecule has 248 valence electrons. The quantitative estimate of drug-likeness (QED) is 0.0967.